The number of rotatable bonds is 5. The van der Waals surface area contributed by atoms with Crippen LogP contribution in [0.1, 0.15) is 22.8 Å². The number of hydrogen-bond donors (Lipinski definition) is 1. The van der Waals surface area contributed by atoms with E-state index in [0.29, 0.717) is 17.0 Å². The molecule has 0 radical (unpaired) electrons. The van der Waals surface area contributed by atoms with Crippen LogP contribution >= 0.6 is 31.9 Å². The Balaban J connectivity index is 2.01. The van der Waals surface area contributed by atoms with E-state index in [9.17, 15) is 9.59 Å². The van der Waals surface area contributed by atoms with Gasteiger partial charge in [0.2, 0.25) is 0 Å². The quantitative estimate of drug-likeness (QED) is 0.683. The Bertz CT molecular complexity index is 736. The summed E-state index contributed by atoms with van der Waals surface area (Å²) in [4.78, 5) is 23.4. The van der Waals surface area contributed by atoms with Gasteiger partial charge in [0.25, 0.3) is 5.91 Å². The summed E-state index contributed by atoms with van der Waals surface area (Å²) in [7, 11) is 0. The average molecular weight is 441 g/mol. The summed E-state index contributed by atoms with van der Waals surface area (Å²) in [6, 6.07) is 10.6. The number of ether oxygens (including phenoxy) is 1. The van der Waals surface area contributed by atoms with Gasteiger partial charge in [-0.3, -0.25) is 9.59 Å². The highest BCUT2D eigenvalue weighted by Crippen LogP contribution is 2.32. The highest BCUT2D eigenvalue weighted by atomic mass is 79.9. The number of carbonyl (C=O) groups excluding carboxylic acids is 2. The normalized spacial score (nSPS) is 10.3. The van der Waals surface area contributed by atoms with E-state index in [2.05, 4.69) is 37.2 Å². The molecule has 0 aliphatic rings. The molecule has 0 aliphatic heterocycles. The van der Waals surface area contributed by atoms with Crippen molar-refractivity contribution in [1.82, 2.24) is 0 Å². The minimum Gasteiger partial charge on any atom is -0.482 e. The van der Waals surface area contributed by atoms with Crippen LogP contribution in [-0.2, 0) is 4.79 Å². The molecule has 1 amide bonds. The molecule has 2 aromatic carbocycles. The Morgan fingerprint density at radius 3 is 2.57 bits per heavy atom. The molecule has 0 saturated heterocycles. The summed E-state index contributed by atoms with van der Waals surface area (Å²) >= 11 is 6.81. The molecule has 2 rings (SSSR count). The van der Waals surface area contributed by atoms with Crippen LogP contribution in [0.4, 0.5) is 5.69 Å². The lowest BCUT2D eigenvalue weighted by Crippen LogP contribution is -2.20. The standard InChI is InChI=1S/C17H15Br2NO3/c1-10-6-13(18)8-15(19)17(10)23-9-16(22)20-14-5-3-4-12(7-14)11(2)21/h3-8H,9H2,1-2H3,(H,20,22). The number of carbonyl (C=O) groups is 2. The molecule has 0 bridgehead atoms. The van der Waals surface area contributed by atoms with Crippen molar-refractivity contribution in [3.63, 3.8) is 0 Å². The molecular weight excluding hydrogens is 426 g/mol. The van der Waals surface area contributed by atoms with Crippen LogP contribution < -0.4 is 10.1 Å². The molecule has 0 fully saturated rings. The predicted molar refractivity (Wildman–Crippen MR) is 97.2 cm³/mol. The van der Waals surface area contributed by atoms with Gasteiger partial charge in [-0.25, -0.2) is 0 Å². The predicted octanol–water partition coefficient (Wildman–Crippen LogP) is 4.74. The first-order valence-corrected chi connectivity index (χ1v) is 8.44. The van der Waals surface area contributed by atoms with Crippen LogP contribution in [-0.4, -0.2) is 18.3 Å². The maximum Gasteiger partial charge on any atom is 0.262 e. The molecule has 0 atom stereocenters. The highest BCUT2D eigenvalue weighted by molar-refractivity contribution is 9.11. The first kappa shape index (κ1) is 17.7. The lowest BCUT2D eigenvalue weighted by atomic mass is 10.1. The molecule has 4 nitrogen and oxygen atoms in total. The maximum absolute atomic E-state index is 12.0. The van der Waals surface area contributed by atoms with Gasteiger partial charge in [0.15, 0.2) is 12.4 Å². The lowest BCUT2D eigenvalue weighted by molar-refractivity contribution is -0.118. The third-order valence-electron chi connectivity index (χ3n) is 3.09. The zero-order valence-electron chi connectivity index (χ0n) is 12.7. The second-order valence-corrected chi connectivity index (χ2v) is 6.78. The fraction of sp³-hybridized carbons (Fsp3) is 0.176. The smallest absolute Gasteiger partial charge is 0.262 e. The number of ketones is 1. The third-order valence-corrected chi connectivity index (χ3v) is 4.14. The van der Waals surface area contributed by atoms with E-state index in [1.54, 1.807) is 24.3 Å². The number of anilines is 1. The van der Waals surface area contributed by atoms with Crippen LogP contribution in [0.5, 0.6) is 5.75 Å². The minimum absolute atomic E-state index is 0.0493. The SMILES string of the molecule is CC(=O)c1cccc(NC(=O)COc2c(C)cc(Br)cc2Br)c1. The number of hydrogen-bond acceptors (Lipinski definition) is 3. The number of amides is 1. The van der Waals surface area contributed by atoms with Crippen LogP contribution in [0.25, 0.3) is 0 Å². The van der Waals surface area contributed by atoms with Gasteiger partial charge in [-0.05, 0) is 59.6 Å². The molecule has 23 heavy (non-hydrogen) atoms. The zero-order valence-corrected chi connectivity index (χ0v) is 15.8. The molecular formula is C17H15Br2NO3. The van der Waals surface area contributed by atoms with Gasteiger partial charge < -0.3 is 10.1 Å². The van der Waals surface area contributed by atoms with E-state index >= 15 is 0 Å². The number of aryl methyl sites for hydroxylation is 1. The van der Waals surface area contributed by atoms with Crippen molar-refractivity contribution in [2.24, 2.45) is 0 Å². The number of nitrogens with one attached hydrogen (secondary N) is 1. The van der Waals surface area contributed by atoms with Crippen LogP contribution in [0, 0.1) is 6.92 Å². The first-order valence-electron chi connectivity index (χ1n) is 6.86. The van der Waals surface area contributed by atoms with Crippen molar-refractivity contribution < 1.29 is 14.3 Å². The van der Waals surface area contributed by atoms with E-state index in [-0.39, 0.29) is 18.3 Å². The van der Waals surface area contributed by atoms with Gasteiger partial charge in [-0.15, -0.1) is 0 Å². The van der Waals surface area contributed by atoms with Crippen molar-refractivity contribution in [2.75, 3.05) is 11.9 Å². The van der Waals surface area contributed by atoms with Crippen molar-refractivity contribution in [3.05, 3.63) is 56.5 Å². The molecule has 0 saturated carbocycles. The largest absolute Gasteiger partial charge is 0.482 e. The van der Waals surface area contributed by atoms with Crippen molar-refractivity contribution in [1.29, 1.82) is 0 Å². The molecule has 0 heterocycles. The summed E-state index contributed by atoms with van der Waals surface area (Å²) in [5, 5.41) is 2.72. The number of benzene rings is 2. The van der Waals surface area contributed by atoms with Gasteiger partial charge >= 0.3 is 0 Å². The third kappa shape index (κ3) is 4.91. The topological polar surface area (TPSA) is 55.4 Å². The molecule has 2 aromatic rings. The van der Waals surface area contributed by atoms with Gasteiger partial charge in [0, 0.05) is 15.7 Å². The summed E-state index contributed by atoms with van der Waals surface area (Å²) in [5.74, 6) is 0.285. The van der Waals surface area contributed by atoms with E-state index in [1.807, 2.05) is 19.1 Å². The number of halogens is 2. The Morgan fingerprint density at radius 2 is 1.91 bits per heavy atom. The second-order valence-electron chi connectivity index (χ2n) is 5.01. The van der Waals surface area contributed by atoms with Gasteiger partial charge in [0.1, 0.15) is 5.75 Å². The average Bonchev–Trinajstić information content (AvgIpc) is 2.46. The van der Waals surface area contributed by atoms with E-state index in [0.717, 1.165) is 14.5 Å². The minimum atomic E-state index is -0.292. The Kier molecular flexibility index (Phi) is 5.96. The Morgan fingerprint density at radius 1 is 1.17 bits per heavy atom. The molecule has 120 valence electrons. The second kappa shape index (κ2) is 7.75. The summed E-state index contributed by atoms with van der Waals surface area (Å²) in [5.41, 5.74) is 2.03. The maximum atomic E-state index is 12.0. The van der Waals surface area contributed by atoms with Gasteiger partial charge in [-0.2, -0.15) is 0 Å². The van der Waals surface area contributed by atoms with Crippen molar-refractivity contribution in [2.45, 2.75) is 13.8 Å². The summed E-state index contributed by atoms with van der Waals surface area (Å²) < 4.78 is 7.29. The molecule has 6 heteroatoms. The fourth-order valence-electron chi connectivity index (χ4n) is 2.02. The summed E-state index contributed by atoms with van der Waals surface area (Å²) in [6.07, 6.45) is 0. The van der Waals surface area contributed by atoms with Gasteiger partial charge in [0.05, 0.1) is 4.47 Å². The lowest BCUT2D eigenvalue weighted by Gasteiger charge is -2.12. The fourth-order valence-corrected chi connectivity index (χ4v) is 3.58. The molecule has 1 N–H and O–H groups in total. The zero-order chi connectivity index (χ0) is 17.0. The highest BCUT2D eigenvalue weighted by Gasteiger charge is 2.10. The van der Waals surface area contributed by atoms with Crippen LogP contribution in [0.3, 0.4) is 0 Å². The Hall–Kier alpha value is -1.66. The van der Waals surface area contributed by atoms with Crippen LogP contribution in [0.15, 0.2) is 45.3 Å². The van der Waals surface area contributed by atoms with Crippen molar-refractivity contribution in [3.8, 4) is 5.75 Å². The Labute approximate surface area is 151 Å². The van der Waals surface area contributed by atoms with Gasteiger partial charge in [-0.1, -0.05) is 28.1 Å². The van der Waals surface area contributed by atoms with E-state index in [4.69, 9.17) is 4.74 Å². The van der Waals surface area contributed by atoms with E-state index < -0.39 is 0 Å². The van der Waals surface area contributed by atoms with Crippen molar-refractivity contribution >= 4 is 49.2 Å². The molecule has 0 unspecified atom stereocenters. The van der Waals surface area contributed by atoms with Crippen LogP contribution in [0.2, 0.25) is 0 Å². The summed E-state index contributed by atoms with van der Waals surface area (Å²) in [6.45, 7) is 3.27. The molecule has 0 aliphatic carbocycles. The monoisotopic (exact) mass is 439 g/mol. The molecule has 0 aromatic heterocycles. The molecule has 0 spiro atoms. The number of Topliss-reactive ketones (excluding diaryl/α,β-unsaturated/α-hetero) is 1. The van der Waals surface area contributed by atoms with E-state index in [1.165, 1.54) is 6.92 Å². The first-order chi connectivity index (χ1) is 10.9.